The maximum absolute atomic E-state index is 12.5. The molecule has 18 heavy (non-hydrogen) atoms. The lowest BCUT2D eigenvalue weighted by molar-refractivity contribution is -0.137. The molecule has 102 valence electrons. The Morgan fingerprint density at radius 1 is 1.28 bits per heavy atom. The maximum Gasteiger partial charge on any atom is 0.416 e. The maximum atomic E-state index is 12.5. The minimum Gasteiger partial charge on any atom is -0.315 e. The molecule has 1 rings (SSSR count). The van der Waals surface area contributed by atoms with Gasteiger partial charge in [0, 0.05) is 6.04 Å². The number of hydrogen-bond acceptors (Lipinski definition) is 1. The molecule has 0 spiro atoms. The molecule has 1 atom stereocenters. The van der Waals surface area contributed by atoms with E-state index in [2.05, 4.69) is 12.2 Å². The van der Waals surface area contributed by atoms with Crippen molar-refractivity contribution in [2.75, 3.05) is 6.54 Å². The molecule has 1 nitrogen and oxygen atoms in total. The van der Waals surface area contributed by atoms with Crippen molar-refractivity contribution in [1.29, 1.82) is 0 Å². The fourth-order valence-electron chi connectivity index (χ4n) is 1.98. The van der Waals surface area contributed by atoms with Gasteiger partial charge in [0.2, 0.25) is 0 Å². The molecule has 1 unspecified atom stereocenters. The predicted molar refractivity (Wildman–Crippen MR) is 67.6 cm³/mol. The lowest BCUT2D eigenvalue weighted by Gasteiger charge is -2.14. The van der Waals surface area contributed by atoms with Crippen LogP contribution < -0.4 is 5.32 Å². The summed E-state index contributed by atoms with van der Waals surface area (Å²) >= 11 is 0. The van der Waals surface area contributed by atoms with Crippen molar-refractivity contribution in [3.05, 3.63) is 34.9 Å². The van der Waals surface area contributed by atoms with Crippen LogP contribution in [0.4, 0.5) is 13.2 Å². The zero-order valence-electron chi connectivity index (χ0n) is 11.1. The molecule has 0 bridgehead atoms. The topological polar surface area (TPSA) is 12.0 Å². The SMILES string of the molecule is CCNC(C)CCc1ccc(C(F)(F)F)cc1C. The minimum atomic E-state index is -4.25. The Balaban J connectivity index is 2.69. The first-order valence-corrected chi connectivity index (χ1v) is 6.24. The number of nitrogens with one attached hydrogen (secondary N) is 1. The molecule has 0 amide bonds. The monoisotopic (exact) mass is 259 g/mol. The Bertz CT molecular complexity index is 385. The van der Waals surface area contributed by atoms with Crippen LogP contribution in [0.15, 0.2) is 18.2 Å². The van der Waals surface area contributed by atoms with Crippen molar-refractivity contribution in [1.82, 2.24) is 5.32 Å². The predicted octanol–water partition coefficient (Wildman–Crippen LogP) is 3.94. The summed E-state index contributed by atoms with van der Waals surface area (Å²) in [6.45, 7) is 6.78. The van der Waals surface area contributed by atoms with Crippen LogP contribution in [-0.4, -0.2) is 12.6 Å². The molecule has 0 saturated carbocycles. The molecule has 0 saturated heterocycles. The number of aryl methyl sites for hydroxylation is 2. The van der Waals surface area contributed by atoms with E-state index in [4.69, 9.17) is 0 Å². The smallest absolute Gasteiger partial charge is 0.315 e. The zero-order chi connectivity index (χ0) is 13.8. The number of rotatable bonds is 5. The van der Waals surface area contributed by atoms with E-state index < -0.39 is 11.7 Å². The standard InChI is InChI=1S/C14H20F3N/c1-4-18-11(3)5-6-12-7-8-13(9-10(12)2)14(15,16)17/h7-9,11,18H,4-6H2,1-3H3. The van der Waals surface area contributed by atoms with E-state index >= 15 is 0 Å². The van der Waals surface area contributed by atoms with Crippen LogP contribution in [0.1, 0.15) is 37.0 Å². The van der Waals surface area contributed by atoms with E-state index in [9.17, 15) is 13.2 Å². The van der Waals surface area contributed by atoms with E-state index in [0.29, 0.717) is 11.6 Å². The van der Waals surface area contributed by atoms with Gasteiger partial charge < -0.3 is 5.32 Å². The Morgan fingerprint density at radius 2 is 1.94 bits per heavy atom. The highest BCUT2D eigenvalue weighted by Crippen LogP contribution is 2.30. The summed E-state index contributed by atoms with van der Waals surface area (Å²) in [5.74, 6) is 0. The lowest BCUT2D eigenvalue weighted by atomic mass is 9.99. The van der Waals surface area contributed by atoms with Gasteiger partial charge in [0.15, 0.2) is 0 Å². The van der Waals surface area contributed by atoms with Gasteiger partial charge in [-0.25, -0.2) is 0 Å². The number of benzene rings is 1. The summed E-state index contributed by atoms with van der Waals surface area (Å²) in [6, 6.07) is 4.38. The third-order valence-corrected chi connectivity index (χ3v) is 3.07. The van der Waals surface area contributed by atoms with E-state index in [-0.39, 0.29) is 0 Å². The molecule has 0 fully saturated rings. The molecule has 1 aromatic rings. The van der Waals surface area contributed by atoms with Gasteiger partial charge in [0.1, 0.15) is 0 Å². The highest BCUT2D eigenvalue weighted by atomic mass is 19.4. The zero-order valence-corrected chi connectivity index (χ0v) is 11.1. The average molecular weight is 259 g/mol. The lowest BCUT2D eigenvalue weighted by Crippen LogP contribution is -2.26. The molecule has 0 aliphatic carbocycles. The molecule has 0 aromatic heterocycles. The average Bonchev–Trinajstić information content (AvgIpc) is 2.26. The largest absolute Gasteiger partial charge is 0.416 e. The molecule has 1 N–H and O–H groups in total. The Kier molecular flexibility index (Phi) is 5.20. The van der Waals surface area contributed by atoms with Gasteiger partial charge in [-0.2, -0.15) is 13.2 Å². The summed E-state index contributed by atoms with van der Waals surface area (Å²) < 4.78 is 37.5. The Hall–Kier alpha value is -1.03. The second-order valence-electron chi connectivity index (χ2n) is 4.64. The van der Waals surface area contributed by atoms with Crippen molar-refractivity contribution in [2.45, 2.75) is 45.8 Å². The minimum absolute atomic E-state index is 0.386. The van der Waals surface area contributed by atoms with Gasteiger partial charge in [-0.1, -0.05) is 13.0 Å². The molecule has 1 aromatic carbocycles. The van der Waals surface area contributed by atoms with Gasteiger partial charge >= 0.3 is 6.18 Å². The normalized spacial score (nSPS) is 13.7. The van der Waals surface area contributed by atoms with E-state index in [0.717, 1.165) is 24.9 Å². The van der Waals surface area contributed by atoms with Crippen LogP contribution in [-0.2, 0) is 12.6 Å². The number of hydrogen-bond donors (Lipinski definition) is 1. The van der Waals surface area contributed by atoms with E-state index in [1.165, 1.54) is 12.1 Å². The van der Waals surface area contributed by atoms with Gasteiger partial charge in [0.25, 0.3) is 0 Å². The highest BCUT2D eigenvalue weighted by Gasteiger charge is 2.30. The fraction of sp³-hybridized carbons (Fsp3) is 0.571. The first-order valence-electron chi connectivity index (χ1n) is 6.24. The molecule has 4 heteroatoms. The van der Waals surface area contributed by atoms with E-state index in [1.807, 2.05) is 6.92 Å². The second kappa shape index (κ2) is 6.23. The summed E-state index contributed by atoms with van der Waals surface area (Å²) in [6.07, 6.45) is -2.52. The van der Waals surface area contributed by atoms with E-state index in [1.54, 1.807) is 13.0 Å². The molecule has 0 heterocycles. The van der Waals surface area contributed by atoms with Crippen molar-refractivity contribution >= 4 is 0 Å². The van der Waals surface area contributed by atoms with Gasteiger partial charge in [0.05, 0.1) is 5.56 Å². The van der Waals surface area contributed by atoms with Crippen LogP contribution in [0.25, 0.3) is 0 Å². The van der Waals surface area contributed by atoms with Gasteiger partial charge in [-0.05, 0) is 56.5 Å². The molecular weight excluding hydrogens is 239 g/mol. The van der Waals surface area contributed by atoms with Crippen molar-refractivity contribution in [3.63, 3.8) is 0 Å². The van der Waals surface area contributed by atoms with Crippen LogP contribution in [0.2, 0.25) is 0 Å². The quantitative estimate of drug-likeness (QED) is 0.844. The molecule has 0 radical (unpaired) electrons. The van der Waals surface area contributed by atoms with Crippen molar-refractivity contribution in [2.24, 2.45) is 0 Å². The Morgan fingerprint density at radius 3 is 2.44 bits per heavy atom. The Labute approximate surface area is 106 Å². The van der Waals surface area contributed by atoms with Crippen molar-refractivity contribution in [3.8, 4) is 0 Å². The van der Waals surface area contributed by atoms with Crippen molar-refractivity contribution < 1.29 is 13.2 Å². The van der Waals surface area contributed by atoms with Gasteiger partial charge in [-0.3, -0.25) is 0 Å². The summed E-state index contributed by atoms with van der Waals surface area (Å²) in [4.78, 5) is 0. The van der Waals surface area contributed by atoms with Crippen LogP contribution >= 0.6 is 0 Å². The third kappa shape index (κ3) is 4.33. The van der Waals surface area contributed by atoms with Crippen LogP contribution in [0.5, 0.6) is 0 Å². The summed E-state index contributed by atoms with van der Waals surface area (Å²) in [7, 11) is 0. The van der Waals surface area contributed by atoms with Crippen LogP contribution in [0, 0.1) is 6.92 Å². The highest BCUT2D eigenvalue weighted by molar-refractivity contribution is 5.32. The molecular formula is C14H20F3N. The first kappa shape index (κ1) is 15.0. The summed E-state index contributed by atoms with van der Waals surface area (Å²) in [5, 5.41) is 3.29. The number of halogens is 3. The van der Waals surface area contributed by atoms with Gasteiger partial charge in [-0.15, -0.1) is 0 Å². The number of alkyl halides is 3. The summed E-state index contributed by atoms with van der Waals surface area (Å²) in [5.41, 5.74) is 1.14. The van der Waals surface area contributed by atoms with Crippen LogP contribution in [0.3, 0.4) is 0 Å². The fourth-order valence-corrected chi connectivity index (χ4v) is 1.98. The molecule has 0 aliphatic heterocycles. The first-order chi connectivity index (χ1) is 8.34. The molecule has 0 aliphatic rings. The second-order valence-corrected chi connectivity index (χ2v) is 4.64. The third-order valence-electron chi connectivity index (χ3n) is 3.07.